The molecule has 0 aliphatic heterocycles. The molecule has 120 valence electrons. The molecule has 3 rings (SSSR count). The summed E-state index contributed by atoms with van der Waals surface area (Å²) in [5, 5.41) is 7.00. The number of aryl methyl sites for hydroxylation is 2. The Bertz CT molecular complexity index is 605. The van der Waals surface area contributed by atoms with Crippen molar-refractivity contribution in [2.24, 2.45) is 24.8 Å². The zero-order valence-electron chi connectivity index (χ0n) is 13.7. The molecule has 0 aromatic carbocycles. The first kappa shape index (κ1) is 15.3. The summed E-state index contributed by atoms with van der Waals surface area (Å²) in [7, 11) is 1.78. The Kier molecular flexibility index (Phi) is 4.06. The number of ketones is 1. The van der Waals surface area contributed by atoms with E-state index >= 15 is 0 Å². The van der Waals surface area contributed by atoms with Crippen LogP contribution >= 0.6 is 0 Å². The lowest BCUT2D eigenvalue weighted by Gasteiger charge is -2.21. The number of hydrogen-bond donors (Lipinski definition) is 1. The molecule has 0 saturated heterocycles. The largest absolute Gasteiger partial charge is 0.349 e. The number of Topliss-reactive ketones (excluding diaryl/α,β-unsaturated/α-hetero) is 1. The Hall–Kier alpha value is -1.65. The first-order chi connectivity index (χ1) is 10.5. The Morgan fingerprint density at radius 2 is 2.05 bits per heavy atom. The van der Waals surface area contributed by atoms with E-state index in [0.717, 1.165) is 29.9 Å². The van der Waals surface area contributed by atoms with Crippen LogP contribution in [-0.2, 0) is 11.8 Å². The van der Waals surface area contributed by atoms with Crippen LogP contribution < -0.4 is 5.32 Å². The van der Waals surface area contributed by atoms with Gasteiger partial charge in [0.15, 0.2) is 0 Å². The molecule has 2 bridgehead atoms. The summed E-state index contributed by atoms with van der Waals surface area (Å²) in [4.78, 5) is 24.4. The average molecular weight is 303 g/mol. The Balaban J connectivity index is 1.52. The third-order valence-electron chi connectivity index (χ3n) is 5.63. The molecule has 5 nitrogen and oxygen atoms in total. The first-order valence-corrected chi connectivity index (χ1v) is 8.30. The van der Waals surface area contributed by atoms with E-state index < -0.39 is 11.7 Å². The van der Waals surface area contributed by atoms with E-state index in [-0.39, 0.29) is 0 Å². The fourth-order valence-electron chi connectivity index (χ4n) is 4.40. The third-order valence-corrected chi connectivity index (χ3v) is 5.63. The summed E-state index contributed by atoms with van der Waals surface area (Å²) >= 11 is 0. The molecule has 3 atom stereocenters. The quantitative estimate of drug-likeness (QED) is 0.669. The molecular formula is C17H25N3O2. The number of amides is 1. The number of rotatable bonds is 5. The number of nitrogens with zero attached hydrogens (tertiary/aromatic N) is 2. The van der Waals surface area contributed by atoms with Gasteiger partial charge in [-0.1, -0.05) is 6.42 Å². The molecule has 1 aromatic heterocycles. The van der Waals surface area contributed by atoms with Gasteiger partial charge in [0.25, 0.3) is 11.7 Å². The lowest BCUT2D eigenvalue weighted by molar-refractivity contribution is -0.117. The van der Waals surface area contributed by atoms with E-state index in [9.17, 15) is 9.59 Å². The maximum absolute atomic E-state index is 12.3. The number of nitrogens with one attached hydrogen (secondary N) is 1. The van der Waals surface area contributed by atoms with Crippen LogP contribution in [-0.4, -0.2) is 28.0 Å². The van der Waals surface area contributed by atoms with Gasteiger partial charge in [-0.25, -0.2) is 0 Å². The Morgan fingerprint density at radius 3 is 2.59 bits per heavy atom. The maximum atomic E-state index is 12.3. The molecule has 1 N–H and O–H groups in total. The average Bonchev–Trinajstić information content (AvgIpc) is 3.14. The smallest absolute Gasteiger partial charge is 0.292 e. The summed E-state index contributed by atoms with van der Waals surface area (Å²) < 4.78 is 1.64. The zero-order chi connectivity index (χ0) is 15.9. The molecule has 2 aliphatic rings. The van der Waals surface area contributed by atoms with Gasteiger partial charge < -0.3 is 5.32 Å². The van der Waals surface area contributed by atoms with Crippen molar-refractivity contribution in [3.63, 3.8) is 0 Å². The van der Waals surface area contributed by atoms with Crippen LogP contribution in [0.2, 0.25) is 0 Å². The van der Waals surface area contributed by atoms with Crippen LogP contribution in [0.4, 0.5) is 0 Å². The van der Waals surface area contributed by atoms with Gasteiger partial charge in [0, 0.05) is 19.3 Å². The molecule has 0 spiro atoms. The van der Waals surface area contributed by atoms with Gasteiger partial charge in [-0.2, -0.15) is 5.10 Å². The predicted molar refractivity (Wildman–Crippen MR) is 83.6 cm³/mol. The second-order valence-corrected chi connectivity index (χ2v) is 6.98. The molecule has 1 aromatic rings. The minimum atomic E-state index is -0.498. The van der Waals surface area contributed by atoms with E-state index in [1.165, 1.54) is 25.7 Å². The molecule has 2 aliphatic carbocycles. The number of fused-ring (bicyclic) bond motifs is 2. The van der Waals surface area contributed by atoms with Crippen LogP contribution in [0.3, 0.4) is 0 Å². The van der Waals surface area contributed by atoms with E-state index in [1.54, 1.807) is 18.7 Å². The molecule has 0 radical (unpaired) electrons. The Morgan fingerprint density at radius 1 is 1.27 bits per heavy atom. The second kappa shape index (κ2) is 5.86. The van der Waals surface area contributed by atoms with Gasteiger partial charge in [-0.05, 0) is 57.3 Å². The van der Waals surface area contributed by atoms with Crippen LogP contribution in [0.25, 0.3) is 0 Å². The van der Waals surface area contributed by atoms with Gasteiger partial charge in [0.1, 0.15) is 0 Å². The van der Waals surface area contributed by atoms with Crippen molar-refractivity contribution in [2.45, 2.75) is 46.0 Å². The second-order valence-electron chi connectivity index (χ2n) is 6.98. The highest BCUT2D eigenvalue weighted by Gasteiger charge is 2.38. The zero-order valence-corrected chi connectivity index (χ0v) is 13.7. The van der Waals surface area contributed by atoms with Crippen molar-refractivity contribution in [3.05, 3.63) is 17.0 Å². The van der Waals surface area contributed by atoms with E-state index in [0.29, 0.717) is 17.8 Å². The van der Waals surface area contributed by atoms with E-state index in [1.807, 2.05) is 6.92 Å². The van der Waals surface area contributed by atoms with E-state index in [4.69, 9.17) is 0 Å². The van der Waals surface area contributed by atoms with Crippen molar-refractivity contribution < 1.29 is 9.59 Å². The standard InChI is InChI=1S/C17H25N3O2/c1-10-15(11(2)20(3)19-10)16(21)17(22)18-7-6-14-9-12-4-5-13(14)8-12/h12-14H,4-9H2,1-3H3,(H,18,22). The van der Waals surface area contributed by atoms with Crippen LogP contribution in [0, 0.1) is 31.6 Å². The topological polar surface area (TPSA) is 64.0 Å². The van der Waals surface area contributed by atoms with Crippen molar-refractivity contribution in [1.82, 2.24) is 15.1 Å². The maximum Gasteiger partial charge on any atom is 0.292 e. The van der Waals surface area contributed by atoms with Crippen molar-refractivity contribution in [2.75, 3.05) is 6.54 Å². The summed E-state index contributed by atoms with van der Waals surface area (Å²) in [6.07, 6.45) is 6.45. The normalized spacial score (nSPS) is 26.4. The first-order valence-electron chi connectivity index (χ1n) is 8.30. The molecule has 3 unspecified atom stereocenters. The van der Waals surface area contributed by atoms with Crippen LogP contribution in [0.15, 0.2) is 0 Å². The van der Waals surface area contributed by atoms with Gasteiger partial charge in [-0.15, -0.1) is 0 Å². The van der Waals surface area contributed by atoms with Crippen molar-refractivity contribution in [1.29, 1.82) is 0 Å². The minimum absolute atomic E-state index is 0.444. The van der Waals surface area contributed by atoms with E-state index in [2.05, 4.69) is 10.4 Å². The highest BCUT2D eigenvalue weighted by Crippen LogP contribution is 2.49. The molecule has 2 saturated carbocycles. The highest BCUT2D eigenvalue weighted by molar-refractivity contribution is 6.43. The lowest BCUT2D eigenvalue weighted by Crippen LogP contribution is -2.33. The number of aromatic nitrogens is 2. The summed E-state index contributed by atoms with van der Waals surface area (Å²) in [6, 6.07) is 0. The number of hydrogen-bond acceptors (Lipinski definition) is 3. The Labute approximate surface area is 131 Å². The summed E-state index contributed by atoms with van der Waals surface area (Å²) in [6.45, 7) is 4.19. The van der Waals surface area contributed by atoms with Crippen molar-refractivity contribution in [3.8, 4) is 0 Å². The van der Waals surface area contributed by atoms with Gasteiger partial charge in [0.2, 0.25) is 0 Å². The SMILES string of the molecule is Cc1nn(C)c(C)c1C(=O)C(=O)NCCC1CC2CCC1C2. The highest BCUT2D eigenvalue weighted by atomic mass is 16.2. The molecule has 22 heavy (non-hydrogen) atoms. The lowest BCUT2D eigenvalue weighted by atomic mass is 9.86. The molecule has 1 amide bonds. The third kappa shape index (κ3) is 2.69. The number of carbonyl (C=O) groups excluding carboxylic acids is 2. The minimum Gasteiger partial charge on any atom is -0.349 e. The number of carbonyl (C=O) groups is 2. The molecule has 2 fully saturated rings. The van der Waals surface area contributed by atoms with Crippen LogP contribution in [0.1, 0.15) is 53.8 Å². The predicted octanol–water partition coefficient (Wildman–Crippen LogP) is 2.16. The molecular weight excluding hydrogens is 278 g/mol. The van der Waals surface area contributed by atoms with Gasteiger partial charge >= 0.3 is 0 Å². The monoisotopic (exact) mass is 303 g/mol. The summed E-state index contributed by atoms with van der Waals surface area (Å²) in [5.41, 5.74) is 1.80. The van der Waals surface area contributed by atoms with Crippen molar-refractivity contribution >= 4 is 11.7 Å². The molecule has 1 heterocycles. The van der Waals surface area contributed by atoms with Gasteiger partial charge in [0.05, 0.1) is 11.3 Å². The fourth-order valence-corrected chi connectivity index (χ4v) is 4.40. The van der Waals surface area contributed by atoms with Gasteiger partial charge in [-0.3, -0.25) is 14.3 Å². The fraction of sp³-hybridized carbons (Fsp3) is 0.706. The summed E-state index contributed by atoms with van der Waals surface area (Å²) in [5.74, 6) is 1.57. The van der Waals surface area contributed by atoms with Crippen LogP contribution in [0.5, 0.6) is 0 Å². The molecule has 5 heteroatoms.